The van der Waals surface area contributed by atoms with Gasteiger partial charge >= 0.3 is 6.18 Å². The highest BCUT2D eigenvalue weighted by Crippen LogP contribution is 2.23. The van der Waals surface area contributed by atoms with Crippen molar-refractivity contribution in [2.45, 2.75) is 19.0 Å². The molecule has 0 fully saturated rings. The molecule has 0 bridgehead atoms. The molecule has 1 heterocycles. The predicted molar refractivity (Wildman–Crippen MR) is 64.0 cm³/mol. The molecule has 0 saturated carbocycles. The topological polar surface area (TPSA) is 32.9 Å². The van der Waals surface area contributed by atoms with Gasteiger partial charge in [0.1, 0.15) is 0 Å². The summed E-state index contributed by atoms with van der Waals surface area (Å²) in [6.07, 6.45) is -5.48. The van der Waals surface area contributed by atoms with Crippen LogP contribution in [0.2, 0.25) is 5.02 Å². The summed E-state index contributed by atoms with van der Waals surface area (Å²) < 4.78 is 36.4. The third-order valence-electron chi connectivity index (χ3n) is 2.55. The van der Waals surface area contributed by atoms with Crippen LogP contribution in [0.1, 0.15) is 12.1 Å². The normalized spacial score (nSPS) is 12.0. The minimum Gasteiger partial charge on any atom is -0.357 e. The number of H-pyrrole nitrogens is 1. The van der Waals surface area contributed by atoms with Crippen LogP contribution in [0, 0.1) is 0 Å². The number of hydrogen-bond acceptors (Lipinski definition) is 1. The van der Waals surface area contributed by atoms with Crippen molar-refractivity contribution in [1.82, 2.24) is 4.98 Å². The quantitative estimate of drug-likeness (QED) is 0.891. The summed E-state index contributed by atoms with van der Waals surface area (Å²) in [6, 6.07) is 5.96. The molecular formula is C12H9ClF3NO. The Morgan fingerprint density at radius 2 is 2.00 bits per heavy atom. The van der Waals surface area contributed by atoms with Crippen LogP contribution in [0.15, 0.2) is 29.1 Å². The van der Waals surface area contributed by atoms with E-state index in [0.717, 1.165) is 0 Å². The SMILES string of the molecule is O=c1cc(CCC(F)(F)F)[nH]c2c(Cl)cccc12. The van der Waals surface area contributed by atoms with E-state index in [1.165, 1.54) is 6.07 Å². The molecule has 0 amide bonds. The van der Waals surface area contributed by atoms with E-state index in [-0.39, 0.29) is 17.5 Å². The fourth-order valence-electron chi connectivity index (χ4n) is 1.70. The van der Waals surface area contributed by atoms with Crippen LogP contribution in [-0.2, 0) is 6.42 Å². The van der Waals surface area contributed by atoms with E-state index >= 15 is 0 Å². The van der Waals surface area contributed by atoms with Gasteiger partial charge in [0.05, 0.1) is 10.5 Å². The third-order valence-corrected chi connectivity index (χ3v) is 2.86. The molecule has 1 aromatic heterocycles. The molecule has 96 valence electrons. The van der Waals surface area contributed by atoms with Gasteiger partial charge in [-0.3, -0.25) is 4.79 Å². The fraction of sp³-hybridized carbons (Fsp3) is 0.250. The van der Waals surface area contributed by atoms with Crippen LogP contribution in [0.25, 0.3) is 10.9 Å². The van der Waals surface area contributed by atoms with Gasteiger partial charge < -0.3 is 4.98 Å². The number of hydrogen-bond donors (Lipinski definition) is 1. The minimum atomic E-state index is -4.24. The highest BCUT2D eigenvalue weighted by molar-refractivity contribution is 6.35. The van der Waals surface area contributed by atoms with E-state index in [1.54, 1.807) is 18.2 Å². The summed E-state index contributed by atoms with van der Waals surface area (Å²) in [5, 5.41) is 0.691. The molecular weight excluding hydrogens is 267 g/mol. The summed E-state index contributed by atoms with van der Waals surface area (Å²) in [6.45, 7) is 0. The first kappa shape index (κ1) is 13.0. The number of pyridine rings is 1. The molecule has 2 nitrogen and oxygen atoms in total. The molecule has 0 unspecified atom stereocenters. The summed E-state index contributed by atoms with van der Waals surface area (Å²) in [5.74, 6) is 0. The van der Waals surface area contributed by atoms with Crippen LogP contribution >= 0.6 is 11.6 Å². The molecule has 0 saturated heterocycles. The second-order valence-electron chi connectivity index (χ2n) is 3.94. The predicted octanol–water partition coefficient (Wildman–Crippen LogP) is 3.68. The van der Waals surface area contributed by atoms with Gasteiger partial charge in [-0.15, -0.1) is 0 Å². The van der Waals surface area contributed by atoms with Crippen LogP contribution < -0.4 is 5.43 Å². The molecule has 1 aromatic carbocycles. The maximum Gasteiger partial charge on any atom is 0.389 e. The molecule has 18 heavy (non-hydrogen) atoms. The van der Waals surface area contributed by atoms with E-state index in [1.807, 2.05) is 0 Å². The molecule has 2 aromatic rings. The lowest BCUT2D eigenvalue weighted by atomic mass is 10.1. The lowest BCUT2D eigenvalue weighted by Crippen LogP contribution is -2.11. The van der Waals surface area contributed by atoms with Crippen molar-refractivity contribution < 1.29 is 13.2 Å². The van der Waals surface area contributed by atoms with E-state index in [2.05, 4.69) is 4.98 Å². The average molecular weight is 276 g/mol. The van der Waals surface area contributed by atoms with Crippen LogP contribution in [0.3, 0.4) is 0 Å². The first-order chi connectivity index (χ1) is 8.37. The average Bonchev–Trinajstić information content (AvgIpc) is 2.27. The number of halogens is 4. The zero-order valence-electron chi connectivity index (χ0n) is 9.14. The number of aryl methyl sites for hydroxylation is 1. The lowest BCUT2D eigenvalue weighted by Gasteiger charge is -2.08. The summed E-state index contributed by atoms with van der Waals surface area (Å²) in [5.41, 5.74) is 0.283. The summed E-state index contributed by atoms with van der Waals surface area (Å²) >= 11 is 5.90. The highest BCUT2D eigenvalue weighted by atomic mass is 35.5. The van der Waals surface area contributed by atoms with E-state index in [4.69, 9.17) is 11.6 Å². The van der Waals surface area contributed by atoms with E-state index in [9.17, 15) is 18.0 Å². The van der Waals surface area contributed by atoms with Crippen LogP contribution in [0.4, 0.5) is 13.2 Å². The smallest absolute Gasteiger partial charge is 0.357 e. The van der Waals surface area contributed by atoms with Crippen molar-refractivity contribution in [3.63, 3.8) is 0 Å². The third kappa shape index (κ3) is 2.85. The molecule has 2 rings (SSSR count). The molecule has 6 heteroatoms. The Balaban J connectivity index is 2.43. The first-order valence-electron chi connectivity index (χ1n) is 5.24. The van der Waals surface area contributed by atoms with Gasteiger partial charge in [0.2, 0.25) is 0 Å². The molecule has 0 spiro atoms. The number of rotatable bonds is 2. The Kier molecular flexibility index (Phi) is 3.34. The second-order valence-corrected chi connectivity index (χ2v) is 4.34. The molecule has 0 radical (unpaired) electrons. The van der Waals surface area contributed by atoms with Crippen molar-refractivity contribution >= 4 is 22.5 Å². The van der Waals surface area contributed by atoms with Crippen molar-refractivity contribution in [2.75, 3.05) is 0 Å². The fourth-order valence-corrected chi connectivity index (χ4v) is 1.92. The zero-order chi connectivity index (χ0) is 13.3. The molecule has 0 atom stereocenters. The van der Waals surface area contributed by atoms with Gasteiger partial charge in [-0.25, -0.2) is 0 Å². The largest absolute Gasteiger partial charge is 0.389 e. The van der Waals surface area contributed by atoms with Gasteiger partial charge in [-0.2, -0.15) is 13.2 Å². The number of alkyl halides is 3. The number of nitrogens with one attached hydrogen (secondary N) is 1. The van der Waals surface area contributed by atoms with E-state index in [0.29, 0.717) is 15.9 Å². The standard InChI is InChI=1S/C12H9ClF3NO/c13-9-3-1-2-8-10(18)6-7(17-11(8)9)4-5-12(14,15)16/h1-3,6H,4-5H2,(H,17,18). The monoisotopic (exact) mass is 275 g/mol. The zero-order valence-corrected chi connectivity index (χ0v) is 9.90. The van der Waals surface area contributed by atoms with Gasteiger partial charge in [0.25, 0.3) is 0 Å². The Hall–Kier alpha value is -1.49. The summed E-state index contributed by atoms with van der Waals surface area (Å²) in [4.78, 5) is 14.5. The van der Waals surface area contributed by atoms with Gasteiger partial charge in [-0.05, 0) is 18.6 Å². The first-order valence-corrected chi connectivity index (χ1v) is 5.62. The van der Waals surface area contributed by atoms with Crippen molar-refractivity contribution in [2.24, 2.45) is 0 Å². The van der Waals surface area contributed by atoms with Crippen molar-refractivity contribution in [3.8, 4) is 0 Å². The van der Waals surface area contributed by atoms with Crippen LogP contribution in [-0.4, -0.2) is 11.2 Å². The summed E-state index contributed by atoms with van der Waals surface area (Å²) in [7, 11) is 0. The van der Waals surface area contributed by atoms with Gasteiger partial charge in [0, 0.05) is 23.6 Å². The van der Waals surface area contributed by atoms with Crippen molar-refractivity contribution in [3.05, 3.63) is 45.2 Å². The van der Waals surface area contributed by atoms with E-state index < -0.39 is 12.6 Å². The highest BCUT2D eigenvalue weighted by Gasteiger charge is 2.26. The molecule has 1 N–H and O–H groups in total. The number of benzene rings is 1. The molecule has 0 aliphatic rings. The Bertz CT molecular complexity index is 633. The number of para-hydroxylation sites is 1. The maximum atomic E-state index is 12.1. The van der Waals surface area contributed by atoms with Crippen molar-refractivity contribution in [1.29, 1.82) is 0 Å². The maximum absolute atomic E-state index is 12.1. The number of aromatic amines is 1. The Morgan fingerprint density at radius 3 is 2.67 bits per heavy atom. The lowest BCUT2D eigenvalue weighted by molar-refractivity contribution is -0.134. The second kappa shape index (κ2) is 4.65. The Labute approximate surface area is 105 Å². The number of fused-ring (bicyclic) bond motifs is 1. The van der Waals surface area contributed by atoms with Crippen LogP contribution in [0.5, 0.6) is 0 Å². The minimum absolute atomic E-state index is 0.234. The number of aromatic nitrogens is 1. The Morgan fingerprint density at radius 1 is 1.28 bits per heavy atom. The molecule has 0 aliphatic heterocycles. The van der Waals surface area contributed by atoms with Gasteiger partial charge in [0.15, 0.2) is 5.43 Å². The van der Waals surface area contributed by atoms with Gasteiger partial charge in [-0.1, -0.05) is 17.7 Å². The molecule has 0 aliphatic carbocycles.